The maximum absolute atomic E-state index is 4.84. The second-order valence-electron chi connectivity index (χ2n) is 5.95. The van der Waals surface area contributed by atoms with Gasteiger partial charge in [-0.05, 0) is 23.3 Å². The first-order valence-electron chi connectivity index (χ1n) is 8.61. The predicted octanol–water partition coefficient (Wildman–Crippen LogP) is 6.17. The first-order chi connectivity index (χ1) is 12.9. The number of rotatable bonds is 4. The van der Waals surface area contributed by atoms with Crippen LogP contribution in [0.1, 0.15) is 5.69 Å². The Balaban J connectivity index is 1.89. The quantitative estimate of drug-likeness (QED) is 0.410. The molecular weight excluding hydrogens is 316 g/mol. The standard InChI is InChI=1S/C24H18N2/c1-3-10-19(11-4-1)22-15-9-16-23(20-12-5-2-6-13-20)24(22)26-18-21-14-7-8-17-25-21/h1-18H. The van der Waals surface area contributed by atoms with Gasteiger partial charge >= 0.3 is 0 Å². The molecule has 0 unspecified atom stereocenters. The van der Waals surface area contributed by atoms with E-state index < -0.39 is 0 Å². The van der Waals surface area contributed by atoms with Gasteiger partial charge < -0.3 is 0 Å². The van der Waals surface area contributed by atoms with Gasteiger partial charge in [-0.25, -0.2) is 0 Å². The number of hydrogen-bond donors (Lipinski definition) is 0. The summed E-state index contributed by atoms with van der Waals surface area (Å²) in [5, 5.41) is 0. The van der Waals surface area contributed by atoms with Crippen LogP contribution in [0.15, 0.2) is 108 Å². The molecule has 2 heteroatoms. The van der Waals surface area contributed by atoms with Crippen LogP contribution in [0.25, 0.3) is 22.3 Å². The fourth-order valence-electron chi connectivity index (χ4n) is 2.97. The maximum Gasteiger partial charge on any atom is 0.0812 e. The van der Waals surface area contributed by atoms with Crippen molar-refractivity contribution >= 4 is 11.9 Å². The van der Waals surface area contributed by atoms with Crippen LogP contribution in [-0.2, 0) is 0 Å². The highest BCUT2D eigenvalue weighted by atomic mass is 14.8. The Hall–Kier alpha value is -3.52. The minimum Gasteiger partial charge on any atom is -0.255 e. The van der Waals surface area contributed by atoms with Crippen molar-refractivity contribution in [2.75, 3.05) is 0 Å². The van der Waals surface area contributed by atoms with Crippen LogP contribution in [-0.4, -0.2) is 11.2 Å². The fraction of sp³-hybridized carbons (Fsp3) is 0. The third kappa shape index (κ3) is 3.45. The maximum atomic E-state index is 4.84. The summed E-state index contributed by atoms with van der Waals surface area (Å²) in [7, 11) is 0. The first-order valence-corrected chi connectivity index (χ1v) is 8.61. The molecule has 0 bridgehead atoms. The molecule has 0 fully saturated rings. The van der Waals surface area contributed by atoms with Gasteiger partial charge in [-0.1, -0.05) is 84.9 Å². The molecule has 0 spiro atoms. The average molecular weight is 334 g/mol. The number of hydrogen-bond acceptors (Lipinski definition) is 2. The van der Waals surface area contributed by atoms with E-state index in [1.165, 1.54) is 0 Å². The molecule has 1 heterocycles. The molecule has 0 atom stereocenters. The molecule has 26 heavy (non-hydrogen) atoms. The summed E-state index contributed by atoms with van der Waals surface area (Å²) in [6, 6.07) is 32.9. The van der Waals surface area contributed by atoms with Crippen LogP contribution in [0.2, 0.25) is 0 Å². The molecule has 2 nitrogen and oxygen atoms in total. The largest absolute Gasteiger partial charge is 0.255 e. The Kier molecular flexibility index (Phi) is 4.66. The van der Waals surface area contributed by atoms with Crippen LogP contribution in [0.4, 0.5) is 5.69 Å². The summed E-state index contributed by atoms with van der Waals surface area (Å²) >= 11 is 0. The van der Waals surface area contributed by atoms with E-state index in [4.69, 9.17) is 4.99 Å². The molecule has 3 aromatic carbocycles. The lowest BCUT2D eigenvalue weighted by molar-refractivity contribution is 1.30. The van der Waals surface area contributed by atoms with Crippen LogP contribution in [0, 0.1) is 0 Å². The second kappa shape index (κ2) is 7.58. The van der Waals surface area contributed by atoms with Crippen molar-refractivity contribution in [3.8, 4) is 22.3 Å². The molecule has 0 amide bonds. The van der Waals surface area contributed by atoms with Crippen LogP contribution < -0.4 is 0 Å². The summed E-state index contributed by atoms with van der Waals surface area (Å²) in [5.41, 5.74) is 6.32. The zero-order valence-corrected chi connectivity index (χ0v) is 14.3. The average Bonchev–Trinajstić information content (AvgIpc) is 2.74. The van der Waals surface area contributed by atoms with E-state index in [0.29, 0.717) is 0 Å². The van der Waals surface area contributed by atoms with Crippen molar-refractivity contribution in [1.82, 2.24) is 4.98 Å². The van der Waals surface area contributed by atoms with Crippen molar-refractivity contribution in [1.29, 1.82) is 0 Å². The number of aromatic nitrogens is 1. The number of pyridine rings is 1. The van der Waals surface area contributed by atoms with E-state index in [1.54, 1.807) is 6.20 Å². The highest BCUT2D eigenvalue weighted by Gasteiger charge is 2.10. The van der Waals surface area contributed by atoms with Crippen LogP contribution >= 0.6 is 0 Å². The van der Waals surface area contributed by atoms with Crippen LogP contribution in [0.3, 0.4) is 0 Å². The highest BCUT2D eigenvalue weighted by Crippen LogP contribution is 2.38. The van der Waals surface area contributed by atoms with E-state index in [-0.39, 0.29) is 0 Å². The normalized spacial score (nSPS) is 10.9. The van der Waals surface area contributed by atoms with Gasteiger partial charge in [-0.3, -0.25) is 9.98 Å². The summed E-state index contributed by atoms with van der Waals surface area (Å²) in [6.07, 6.45) is 3.61. The minimum absolute atomic E-state index is 0.842. The Bertz CT molecular complexity index is 950. The molecule has 0 saturated heterocycles. The van der Waals surface area contributed by atoms with E-state index in [1.807, 2.05) is 36.5 Å². The monoisotopic (exact) mass is 334 g/mol. The molecule has 0 aliphatic carbocycles. The lowest BCUT2D eigenvalue weighted by atomic mass is 9.96. The second-order valence-corrected chi connectivity index (χ2v) is 5.95. The summed E-state index contributed by atoms with van der Waals surface area (Å²) in [6.45, 7) is 0. The molecule has 0 radical (unpaired) electrons. The molecule has 124 valence electrons. The Morgan fingerprint density at radius 3 is 1.69 bits per heavy atom. The Morgan fingerprint density at radius 2 is 1.15 bits per heavy atom. The molecule has 4 rings (SSSR count). The van der Waals surface area contributed by atoms with Gasteiger partial charge in [0.25, 0.3) is 0 Å². The van der Waals surface area contributed by atoms with E-state index in [0.717, 1.165) is 33.6 Å². The van der Waals surface area contributed by atoms with Crippen molar-refractivity contribution < 1.29 is 0 Å². The molecule has 4 aromatic rings. The lowest BCUT2D eigenvalue weighted by Crippen LogP contribution is -1.88. The van der Waals surface area contributed by atoms with Gasteiger partial charge in [0.2, 0.25) is 0 Å². The van der Waals surface area contributed by atoms with Crippen molar-refractivity contribution in [2.45, 2.75) is 0 Å². The number of nitrogens with zero attached hydrogens (tertiary/aromatic N) is 2. The summed E-state index contributed by atoms with van der Waals surface area (Å²) < 4.78 is 0. The van der Waals surface area contributed by atoms with E-state index >= 15 is 0 Å². The van der Waals surface area contributed by atoms with Gasteiger partial charge in [0.1, 0.15) is 0 Å². The highest BCUT2D eigenvalue weighted by molar-refractivity contribution is 5.92. The zero-order chi connectivity index (χ0) is 17.6. The van der Waals surface area contributed by atoms with Crippen molar-refractivity contribution in [3.05, 3.63) is 109 Å². The fourth-order valence-corrected chi connectivity index (χ4v) is 2.97. The van der Waals surface area contributed by atoms with E-state index in [2.05, 4.69) is 71.7 Å². The molecule has 1 aromatic heterocycles. The number of benzene rings is 3. The zero-order valence-electron chi connectivity index (χ0n) is 14.3. The van der Waals surface area contributed by atoms with Gasteiger partial charge in [-0.15, -0.1) is 0 Å². The van der Waals surface area contributed by atoms with Crippen LogP contribution in [0.5, 0.6) is 0 Å². The Labute approximate surface area is 153 Å². The molecule has 0 saturated carbocycles. The number of aliphatic imine (C=N–C) groups is 1. The molecule has 0 aliphatic heterocycles. The lowest BCUT2D eigenvalue weighted by Gasteiger charge is -2.12. The molecule has 0 aliphatic rings. The van der Waals surface area contributed by atoms with Gasteiger partial charge in [0.05, 0.1) is 17.6 Å². The Morgan fingerprint density at radius 1 is 0.577 bits per heavy atom. The van der Waals surface area contributed by atoms with Gasteiger partial charge in [-0.2, -0.15) is 0 Å². The third-order valence-electron chi connectivity index (χ3n) is 4.22. The molecular formula is C24H18N2. The predicted molar refractivity (Wildman–Crippen MR) is 109 cm³/mol. The smallest absolute Gasteiger partial charge is 0.0812 e. The topological polar surface area (TPSA) is 25.2 Å². The minimum atomic E-state index is 0.842. The SMILES string of the molecule is C(=Nc1c(-c2ccccc2)cccc1-c1ccccc1)c1ccccn1. The van der Waals surface area contributed by atoms with Crippen molar-refractivity contribution in [3.63, 3.8) is 0 Å². The summed E-state index contributed by atoms with van der Waals surface area (Å²) in [5.74, 6) is 0. The third-order valence-corrected chi connectivity index (χ3v) is 4.22. The summed E-state index contributed by atoms with van der Waals surface area (Å²) in [4.78, 5) is 9.19. The first kappa shape index (κ1) is 16.0. The van der Waals surface area contributed by atoms with Crippen molar-refractivity contribution in [2.24, 2.45) is 4.99 Å². The number of para-hydroxylation sites is 1. The van der Waals surface area contributed by atoms with Gasteiger partial charge in [0, 0.05) is 17.3 Å². The molecule has 0 N–H and O–H groups in total. The van der Waals surface area contributed by atoms with E-state index in [9.17, 15) is 0 Å². The van der Waals surface area contributed by atoms with Gasteiger partial charge in [0.15, 0.2) is 0 Å².